The summed E-state index contributed by atoms with van der Waals surface area (Å²) in [5.74, 6) is 0.0798. The van der Waals surface area contributed by atoms with Crippen LogP contribution in [0.3, 0.4) is 0 Å². The molecule has 4 heteroatoms. The maximum atomic E-state index is 12.1. The number of rotatable bonds is 4. The number of piperidine rings is 1. The quantitative estimate of drug-likeness (QED) is 0.897. The highest BCUT2D eigenvalue weighted by molar-refractivity contribution is 6.31. The van der Waals surface area contributed by atoms with Crippen molar-refractivity contribution in [2.45, 2.75) is 39.5 Å². The Kier molecular flexibility index (Phi) is 5.30. The van der Waals surface area contributed by atoms with Crippen molar-refractivity contribution in [3.05, 3.63) is 23.2 Å². The Hall–Kier alpha value is -1.22. The van der Waals surface area contributed by atoms with Gasteiger partial charge in [-0.2, -0.15) is 0 Å². The van der Waals surface area contributed by atoms with Gasteiger partial charge in [0.05, 0.1) is 11.4 Å². The van der Waals surface area contributed by atoms with Gasteiger partial charge in [-0.05, 0) is 43.9 Å². The number of hydrogen-bond donors (Lipinski definition) is 1. The second-order valence-corrected chi connectivity index (χ2v) is 5.94. The van der Waals surface area contributed by atoms with Gasteiger partial charge in [0.2, 0.25) is 5.91 Å². The van der Waals surface area contributed by atoms with Crippen LogP contribution in [0.25, 0.3) is 0 Å². The van der Waals surface area contributed by atoms with E-state index in [1.165, 1.54) is 19.3 Å². The number of nitrogens with one attached hydrogen (secondary N) is 1. The molecule has 0 radical (unpaired) electrons. The molecule has 3 nitrogen and oxygen atoms in total. The zero-order chi connectivity index (χ0) is 14.5. The average Bonchev–Trinajstić information content (AvgIpc) is 2.47. The van der Waals surface area contributed by atoms with Crippen LogP contribution < -0.4 is 10.2 Å². The molecule has 20 heavy (non-hydrogen) atoms. The highest BCUT2D eigenvalue weighted by Crippen LogP contribution is 2.31. The predicted molar refractivity (Wildman–Crippen MR) is 85.6 cm³/mol. The first-order valence-corrected chi connectivity index (χ1v) is 7.85. The van der Waals surface area contributed by atoms with Crippen molar-refractivity contribution in [1.82, 2.24) is 0 Å². The van der Waals surface area contributed by atoms with Crippen molar-refractivity contribution in [2.75, 3.05) is 23.3 Å². The van der Waals surface area contributed by atoms with Gasteiger partial charge in [0, 0.05) is 24.0 Å². The number of amides is 1. The van der Waals surface area contributed by atoms with Crippen molar-refractivity contribution in [3.8, 4) is 0 Å². The minimum Gasteiger partial charge on any atom is -0.370 e. The summed E-state index contributed by atoms with van der Waals surface area (Å²) >= 11 is 6.08. The zero-order valence-electron chi connectivity index (χ0n) is 12.3. The van der Waals surface area contributed by atoms with Crippen LogP contribution in [0.4, 0.5) is 11.4 Å². The summed E-state index contributed by atoms with van der Waals surface area (Å²) in [5, 5.41) is 3.69. The fourth-order valence-electron chi connectivity index (χ4n) is 2.46. The first-order valence-electron chi connectivity index (χ1n) is 7.47. The van der Waals surface area contributed by atoms with Crippen LogP contribution in [0.1, 0.15) is 39.5 Å². The molecule has 0 spiro atoms. The SMILES string of the molecule is CC[C@H](C)C(=O)Nc1cc(Cl)ccc1N1CCCCC1. The molecule has 0 aliphatic carbocycles. The molecule has 2 rings (SSSR count). The van der Waals surface area contributed by atoms with Gasteiger partial charge in [0.1, 0.15) is 0 Å². The molecule has 1 aromatic rings. The Morgan fingerprint density at radius 3 is 2.70 bits per heavy atom. The van der Waals surface area contributed by atoms with E-state index in [-0.39, 0.29) is 11.8 Å². The third-order valence-electron chi connectivity index (χ3n) is 3.97. The Bertz CT molecular complexity index is 470. The van der Waals surface area contributed by atoms with Crippen molar-refractivity contribution in [1.29, 1.82) is 0 Å². The van der Waals surface area contributed by atoms with Gasteiger partial charge in [-0.15, -0.1) is 0 Å². The van der Waals surface area contributed by atoms with Crippen LogP contribution in [0, 0.1) is 5.92 Å². The van der Waals surface area contributed by atoms with Crippen LogP contribution in [0.2, 0.25) is 5.02 Å². The van der Waals surface area contributed by atoms with E-state index in [0.717, 1.165) is 30.9 Å². The second-order valence-electron chi connectivity index (χ2n) is 5.51. The lowest BCUT2D eigenvalue weighted by Gasteiger charge is -2.30. The number of hydrogen-bond acceptors (Lipinski definition) is 2. The number of benzene rings is 1. The molecule has 1 aliphatic rings. The molecular weight excluding hydrogens is 272 g/mol. The Morgan fingerprint density at radius 1 is 1.35 bits per heavy atom. The molecule has 0 saturated carbocycles. The average molecular weight is 295 g/mol. The van der Waals surface area contributed by atoms with Crippen LogP contribution in [0.5, 0.6) is 0 Å². The van der Waals surface area contributed by atoms with Gasteiger partial charge in [-0.1, -0.05) is 25.4 Å². The summed E-state index contributed by atoms with van der Waals surface area (Å²) in [4.78, 5) is 14.5. The molecule has 1 N–H and O–H groups in total. The second kappa shape index (κ2) is 6.98. The van der Waals surface area contributed by atoms with Crippen LogP contribution in [-0.2, 0) is 4.79 Å². The van der Waals surface area contributed by atoms with Crippen molar-refractivity contribution < 1.29 is 4.79 Å². The number of halogens is 1. The molecule has 1 atom stereocenters. The maximum absolute atomic E-state index is 12.1. The van der Waals surface area contributed by atoms with Crippen molar-refractivity contribution >= 4 is 28.9 Å². The standard InChI is InChI=1S/C16H23ClN2O/c1-3-12(2)16(20)18-14-11-13(17)7-8-15(14)19-9-5-4-6-10-19/h7-8,11-12H,3-6,9-10H2,1-2H3,(H,18,20)/t12-/m0/s1. The number of carbonyl (C=O) groups excluding carboxylic acids is 1. The van der Waals surface area contributed by atoms with Gasteiger partial charge in [0.25, 0.3) is 0 Å². The molecule has 0 unspecified atom stereocenters. The van der Waals surface area contributed by atoms with Gasteiger partial charge in [-0.3, -0.25) is 4.79 Å². The van der Waals surface area contributed by atoms with Crippen LogP contribution >= 0.6 is 11.6 Å². The maximum Gasteiger partial charge on any atom is 0.227 e. The lowest BCUT2D eigenvalue weighted by molar-refractivity contribution is -0.119. The highest BCUT2D eigenvalue weighted by atomic mass is 35.5. The van der Waals surface area contributed by atoms with Gasteiger partial charge < -0.3 is 10.2 Å². The van der Waals surface area contributed by atoms with Crippen molar-refractivity contribution in [2.24, 2.45) is 5.92 Å². The Labute approximate surface area is 126 Å². The predicted octanol–water partition coefficient (Wildman–Crippen LogP) is 4.31. The topological polar surface area (TPSA) is 32.3 Å². The van der Waals surface area contributed by atoms with E-state index >= 15 is 0 Å². The summed E-state index contributed by atoms with van der Waals surface area (Å²) in [7, 11) is 0. The van der Waals surface area contributed by atoms with Crippen molar-refractivity contribution in [3.63, 3.8) is 0 Å². The summed E-state index contributed by atoms with van der Waals surface area (Å²) in [5.41, 5.74) is 1.93. The molecular formula is C16H23ClN2O. The Balaban J connectivity index is 2.21. The molecule has 0 aromatic heterocycles. The summed E-state index contributed by atoms with van der Waals surface area (Å²) in [6, 6.07) is 5.76. The van der Waals surface area contributed by atoms with E-state index in [2.05, 4.69) is 10.2 Å². The molecule has 110 valence electrons. The molecule has 1 heterocycles. The highest BCUT2D eigenvalue weighted by Gasteiger charge is 2.18. The minimum absolute atomic E-state index is 0.0168. The van der Waals surface area contributed by atoms with E-state index in [1.54, 1.807) is 0 Å². The molecule has 0 bridgehead atoms. The fraction of sp³-hybridized carbons (Fsp3) is 0.562. The molecule has 1 aromatic carbocycles. The van der Waals surface area contributed by atoms with E-state index in [0.29, 0.717) is 5.02 Å². The zero-order valence-corrected chi connectivity index (χ0v) is 13.0. The fourth-order valence-corrected chi connectivity index (χ4v) is 2.63. The molecule has 1 amide bonds. The van der Waals surface area contributed by atoms with Gasteiger partial charge in [0.15, 0.2) is 0 Å². The lowest BCUT2D eigenvalue weighted by Crippen LogP contribution is -2.31. The number of nitrogens with zero attached hydrogens (tertiary/aromatic N) is 1. The van der Waals surface area contributed by atoms with E-state index in [9.17, 15) is 4.79 Å². The minimum atomic E-state index is 0.0168. The lowest BCUT2D eigenvalue weighted by atomic mass is 10.1. The summed E-state index contributed by atoms with van der Waals surface area (Å²) in [6.45, 7) is 6.07. The largest absolute Gasteiger partial charge is 0.370 e. The van der Waals surface area contributed by atoms with E-state index in [4.69, 9.17) is 11.6 Å². The third-order valence-corrected chi connectivity index (χ3v) is 4.21. The van der Waals surface area contributed by atoms with Gasteiger partial charge in [-0.25, -0.2) is 0 Å². The summed E-state index contributed by atoms with van der Waals surface area (Å²) in [6.07, 6.45) is 4.55. The number of carbonyl (C=O) groups is 1. The van der Waals surface area contributed by atoms with Crippen LogP contribution in [0.15, 0.2) is 18.2 Å². The monoisotopic (exact) mass is 294 g/mol. The van der Waals surface area contributed by atoms with E-state index < -0.39 is 0 Å². The number of anilines is 2. The first kappa shape index (κ1) is 15.2. The smallest absolute Gasteiger partial charge is 0.227 e. The molecule has 1 aliphatic heterocycles. The Morgan fingerprint density at radius 2 is 2.05 bits per heavy atom. The first-order chi connectivity index (χ1) is 9.61. The van der Waals surface area contributed by atoms with E-state index in [1.807, 2.05) is 32.0 Å². The van der Waals surface area contributed by atoms with Gasteiger partial charge >= 0.3 is 0 Å². The molecule has 1 fully saturated rings. The van der Waals surface area contributed by atoms with Crippen LogP contribution in [-0.4, -0.2) is 19.0 Å². The third kappa shape index (κ3) is 3.66. The summed E-state index contributed by atoms with van der Waals surface area (Å²) < 4.78 is 0. The normalized spacial score (nSPS) is 16.9. The molecule has 1 saturated heterocycles.